The third-order valence-corrected chi connectivity index (χ3v) is 4.03. The van der Waals surface area contributed by atoms with E-state index >= 15 is 0 Å². The molecule has 4 nitrogen and oxygen atoms in total. The highest BCUT2D eigenvalue weighted by Crippen LogP contribution is 2.29. The number of rotatable bonds is 3. The number of anilines is 1. The van der Waals surface area contributed by atoms with E-state index in [2.05, 4.69) is 5.32 Å². The number of carbonyl (C=O) groups excluding carboxylic acids is 1. The average Bonchev–Trinajstić information content (AvgIpc) is 2.74. The Morgan fingerprint density at radius 2 is 1.95 bits per heavy atom. The SMILES string of the molecule is Cc1cc(C(C)NC(=O)c2cc(N)c(Cl)c(Cl)c2)c(C)o1. The van der Waals surface area contributed by atoms with E-state index < -0.39 is 0 Å². The number of hydrogen-bond donors (Lipinski definition) is 2. The van der Waals surface area contributed by atoms with Crippen LogP contribution in [0.4, 0.5) is 5.69 Å². The lowest BCUT2D eigenvalue weighted by molar-refractivity contribution is 0.0940. The van der Waals surface area contributed by atoms with Crippen LogP contribution < -0.4 is 11.1 Å². The minimum atomic E-state index is -0.272. The minimum Gasteiger partial charge on any atom is -0.466 e. The summed E-state index contributed by atoms with van der Waals surface area (Å²) in [6.07, 6.45) is 0. The van der Waals surface area contributed by atoms with E-state index in [0.29, 0.717) is 5.56 Å². The molecule has 1 unspecified atom stereocenters. The standard InChI is InChI=1S/C15H16Cl2N2O2/c1-7-4-11(9(3)21-7)8(2)19-15(20)10-5-12(16)14(17)13(18)6-10/h4-6,8H,18H2,1-3H3,(H,19,20). The van der Waals surface area contributed by atoms with E-state index in [-0.39, 0.29) is 27.7 Å². The summed E-state index contributed by atoms with van der Waals surface area (Å²) in [6.45, 7) is 5.61. The van der Waals surface area contributed by atoms with Crippen molar-refractivity contribution in [3.63, 3.8) is 0 Å². The Balaban J connectivity index is 2.20. The summed E-state index contributed by atoms with van der Waals surface area (Å²) in [5, 5.41) is 3.39. The molecule has 0 fully saturated rings. The molecule has 0 spiro atoms. The van der Waals surface area contributed by atoms with Crippen molar-refractivity contribution < 1.29 is 9.21 Å². The molecule has 1 atom stereocenters. The van der Waals surface area contributed by atoms with E-state index in [9.17, 15) is 4.79 Å². The first-order chi connectivity index (χ1) is 9.79. The van der Waals surface area contributed by atoms with Crippen molar-refractivity contribution in [3.8, 4) is 0 Å². The van der Waals surface area contributed by atoms with Crippen LogP contribution >= 0.6 is 23.2 Å². The number of halogens is 2. The van der Waals surface area contributed by atoms with Crippen LogP contribution in [-0.4, -0.2) is 5.91 Å². The Bertz CT molecular complexity index is 672. The molecule has 0 radical (unpaired) electrons. The zero-order valence-electron chi connectivity index (χ0n) is 12.0. The molecule has 2 aromatic rings. The maximum Gasteiger partial charge on any atom is 0.251 e. The topological polar surface area (TPSA) is 68.3 Å². The van der Waals surface area contributed by atoms with Gasteiger partial charge in [-0.2, -0.15) is 0 Å². The smallest absolute Gasteiger partial charge is 0.251 e. The maximum atomic E-state index is 12.3. The van der Waals surface area contributed by atoms with Gasteiger partial charge in [0, 0.05) is 11.1 Å². The summed E-state index contributed by atoms with van der Waals surface area (Å²) in [6, 6.07) is 4.72. The first-order valence-electron chi connectivity index (χ1n) is 6.42. The highest BCUT2D eigenvalue weighted by Gasteiger charge is 2.17. The van der Waals surface area contributed by atoms with Crippen LogP contribution in [0, 0.1) is 13.8 Å². The molecule has 112 valence electrons. The monoisotopic (exact) mass is 326 g/mol. The number of hydrogen-bond acceptors (Lipinski definition) is 3. The fraction of sp³-hybridized carbons (Fsp3) is 0.267. The third-order valence-electron chi connectivity index (χ3n) is 3.21. The molecule has 3 N–H and O–H groups in total. The normalized spacial score (nSPS) is 12.2. The molecular formula is C15H16Cl2N2O2. The number of nitrogen functional groups attached to an aromatic ring is 1. The quantitative estimate of drug-likeness (QED) is 0.827. The van der Waals surface area contributed by atoms with Gasteiger partial charge in [0.2, 0.25) is 0 Å². The van der Waals surface area contributed by atoms with Crippen molar-refractivity contribution in [2.75, 3.05) is 5.73 Å². The number of nitrogens with two attached hydrogens (primary N) is 1. The molecule has 0 bridgehead atoms. The fourth-order valence-corrected chi connectivity index (χ4v) is 2.52. The molecule has 1 amide bonds. The second kappa shape index (κ2) is 6.00. The molecule has 0 aliphatic heterocycles. The van der Waals surface area contributed by atoms with Crippen molar-refractivity contribution in [1.29, 1.82) is 0 Å². The molecule has 1 aromatic carbocycles. The van der Waals surface area contributed by atoms with Crippen molar-refractivity contribution in [2.24, 2.45) is 0 Å². The first-order valence-corrected chi connectivity index (χ1v) is 7.17. The van der Waals surface area contributed by atoms with Gasteiger partial charge in [-0.3, -0.25) is 4.79 Å². The molecule has 0 aliphatic rings. The number of furan rings is 1. The summed E-state index contributed by atoms with van der Waals surface area (Å²) in [5.41, 5.74) is 7.30. The Kier molecular flexibility index (Phi) is 4.49. The predicted octanol–water partition coefficient (Wildman–Crippen LogP) is 4.28. The highest BCUT2D eigenvalue weighted by atomic mass is 35.5. The molecule has 0 saturated heterocycles. The lowest BCUT2D eigenvalue weighted by Gasteiger charge is -2.14. The third kappa shape index (κ3) is 3.34. The summed E-state index contributed by atoms with van der Waals surface area (Å²) in [7, 11) is 0. The average molecular weight is 327 g/mol. The first kappa shape index (κ1) is 15.7. The van der Waals surface area contributed by atoms with Gasteiger partial charge >= 0.3 is 0 Å². The Hall–Kier alpha value is -1.65. The van der Waals surface area contributed by atoms with Crippen LogP contribution in [0.15, 0.2) is 22.6 Å². The second-order valence-electron chi connectivity index (χ2n) is 4.93. The number of aryl methyl sites for hydroxylation is 2. The van der Waals surface area contributed by atoms with Gasteiger partial charge < -0.3 is 15.5 Å². The van der Waals surface area contributed by atoms with Crippen LogP contribution in [-0.2, 0) is 0 Å². The minimum absolute atomic E-state index is 0.189. The van der Waals surface area contributed by atoms with E-state index in [0.717, 1.165) is 17.1 Å². The Morgan fingerprint density at radius 3 is 2.48 bits per heavy atom. The Morgan fingerprint density at radius 1 is 1.29 bits per heavy atom. The second-order valence-corrected chi connectivity index (χ2v) is 5.71. The molecule has 0 aliphatic carbocycles. The molecule has 21 heavy (non-hydrogen) atoms. The van der Waals surface area contributed by atoms with Gasteiger partial charge in [0.1, 0.15) is 11.5 Å². The van der Waals surface area contributed by atoms with Gasteiger partial charge in [0.25, 0.3) is 5.91 Å². The van der Waals surface area contributed by atoms with E-state index in [4.69, 9.17) is 33.4 Å². The van der Waals surface area contributed by atoms with Crippen LogP contribution in [0.25, 0.3) is 0 Å². The lowest BCUT2D eigenvalue weighted by atomic mass is 10.1. The maximum absolute atomic E-state index is 12.3. The van der Waals surface area contributed by atoms with Crippen molar-refractivity contribution in [1.82, 2.24) is 5.32 Å². The Labute approximate surface area is 133 Å². The summed E-state index contributed by atoms with van der Waals surface area (Å²) < 4.78 is 5.47. The van der Waals surface area contributed by atoms with Gasteiger partial charge in [0.15, 0.2) is 0 Å². The molecule has 2 rings (SSSR count). The zero-order valence-corrected chi connectivity index (χ0v) is 13.5. The van der Waals surface area contributed by atoms with Crippen LogP contribution in [0.2, 0.25) is 10.0 Å². The van der Waals surface area contributed by atoms with E-state index in [1.165, 1.54) is 12.1 Å². The molecule has 6 heteroatoms. The molecular weight excluding hydrogens is 311 g/mol. The van der Waals surface area contributed by atoms with Gasteiger partial charge in [-0.1, -0.05) is 23.2 Å². The van der Waals surface area contributed by atoms with Crippen molar-refractivity contribution in [3.05, 3.63) is 50.9 Å². The number of benzene rings is 1. The summed E-state index contributed by atoms with van der Waals surface area (Å²) >= 11 is 11.8. The van der Waals surface area contributed by atoms with Crippen molar-refractivity contribution >= 4 is 34.8 Å². The van der Waals surface area contributed by atoms with Gasteiger partial charge in [0.05, 0.1) is 21.8 Å². The van der Waals surface area contributed by atoms with Crippen molar-refractivity contribution in [2.45, 2.75) is 26.8 Å². The predicted molar refractivity (Wildman–Crippen MR) is 84.9 cm³/mol. The zero-order chi connectivity index (χ0) is 15.7. The molecule has 1 heterocycles. The lowest BCUT2D eigenvalue weighted by Crippen LogP contribution is -2.26. The summed E-state index contributed by atoms with van der Waals surface area (Å²) in [4.78, 5) is 12.3. The molecule has 0 saturated carbocycles. The van der Waals surface area contributed by atoms with Gasteiger partial charge in [-0.25, -0.2) is 0 Å². The highest BCUT2D eigenvalue weighted by molar-refractivity contribution is 6.43. The van der Waals surface area contributed by atoms with Gasteiger partial charge in [-0.15, -0.1) is 0 Å². The summed E-state index contributed by atoms with van der Waals surface area (Å²) in [5.74, 6) is 1.32. The van der Waals surface area contributed by atoms with Crippen LogP contribution in [0.5, 0.6) is 0 Å². The molecule has 1 aromatic heterocycles. The number of carbonyl (C=O) groups is 1. The number of nitrogens with one attached hydrogen (secondary N) is 1. The van der Waals surface area contributed by atoms with Crippen LogP contribution in [0.3, 0.4) is 0 Å². The fourth-order valence-electron chi connectivity index (χ4n) is 2.18. The van der Waals surface area contributed by atoms with Gasteiger partial charge in [-0.05, 0) is 39.0 Å². The number of amides is 1. The van der Waals surface area contributed by atoms with E-state index in [1.54, 1.807) is 0 Å². The largest absolute Gasteiger partial charge is 0.466 e. The van der Waals surface area contributed by atoms with E-state index in [1.807, 2.05) is 26.8 Å². The van der Waals surface area contributed by atoms with Crippen LogP contribution in [0.1, 0.15) is 40.4 Å².